The maximum atomic E-state index is 12.9. The van der Waals surface area contributed by atoms with Crippen LogP contribution in [0.4, 0.5) is 0 Å². The Morgan fingerprint density at radius 3 is 2.45 bits per heavy atom. The molecule has 1 saturated carbocycles. The molecule has 2 amide bonds. The molecule has 4 atom stereocenters. The zero-order valence-electron chi connectivity index (χ0n) is 15.8. The van der Waals surface area contributed by atoms with Crippen LogP contribution in [-0.2, 0) is 9.59 Å². The second-order valence-corrected chi connectivity index (χ2v) is 9.14. The molecule has 2 fully saturated rings. The van der Waals surface area contributed by atoms with Crippen molar-refractivity contribution in [3.8, 4) is 0 Å². The van der Waals surface area contributed by atoms with E-state index in [9.17, 15) is 9.59 Å². The fourth-order valence-electron chi connectivity index (χ4n) is 5.11. The molecule has 1 aliphatic heterocycles. The van der Waals surface area contributed by atoms with Gasteiger partial charge in [0.25, 0.3) is 0 Å². The van der Waals surface area contributed by atoms with Crippen LogP contribution in [0.2, 0.25) is 15.1 Å². The first-order valence-electron chi connectivity index (χ1n) is 9.59. The Hall–Kier alpha value is -1.75. The number of halogens is 3. The third kappa shape index (κ3) is 3.63. The summed E-state index contributed by atoms with van der Waals surface area (Å²) in [4.78, 5) is 24.8. The van der Waals surface area contributed by atoms with E-state index >= 15 is 0 Å². The van der Waals surface area contributed by atoms with Crippen molar-refractivity contribution in [1.29, 1.82) is 0 Å². The van der Waals surface area contributed by atoms with E-state index in [2.05, 4.69) is 10.6 Å². The Morgan fingerprint density at radius 1 is 1.10 bits per heavy atom. The van der Waals surface area contributed by atoms with Crippen LogP contribution in [0.15, 0.2) is 42.5 Å². The Bertz CT molecular complexity index is 963. The van der Waals surface area contributed by atoms with E-state index in [4.69, 9.17) is 34.8 Å². The van der Waals surface area contributed by atoms with Gasteiger partial charge in [0.1, 0.15) is 5.54 Å². The molecule has 1 saturated heterocycles. The summed E-state index contributed by atoms with van der Waals surface area (Å²) in [6, 6.07) is 13.3. The molecule has 7 heteroatoms. The summed E-state index contributed by atoms with van der Waals surface area (Å²) in [5, 5.41) is 7.82. The smallest absolute Gasteiger partial charge is 0.246 e. The third-order valence-electron chi connectivity index (χ3n) is 6.25. The molecule has 2 aromatic carbocycles. The molecule has 0 radical (unpaired) electrons. The van der Waals surface area contributed by atoms with Crippen molar-refractivity contribution in [3.05, 3.63) is 68.7 Å². The number of hydrogen-bond donors (Lipinski definition) is 2. The van der Waals surface area contributed by atoms with Crippen LogP contribution in [0.25, 0.3) is 0 Å². The molecule has 1 heterocycles. The first-order chi connectivity index (χ1) is 13.8. The normalized spacial score (nSPS) is 28.6. The van der Waals surface area contributed by atoms with Crippen LogP contribution in [0.1, 0.15) is 42.7 Å². The van der Waals surface area contributed by atoms with E-state index in [-0.39, 0.29) is 29.6 Å². The number of hydrogen-bond acceptors (Lipinski definition) is 2. The number of nitrogens with one attached hydrogen (secondary N) is 2. The van der Waals surface area contributed by atoms with Gasteiger partial charge in [-0.25, -0.2) is 0 Å². The molecule has 1 aliphatic carbocycles. The van der Waals surface area contributed by atoms with Crippen molar-refractivity contribution < 1.29 is 9.59 Å². The largest absolute Gasteiger partial charge is 0.354 e. The second-order valence-electron chi connectivity index (χ2n) is 7.86. The summed E-state index contributed by atoms with van der Waals surface area (Å²) >= 11 is 18.8. The SMILES string of the molecule is CC(=O)N[C@@]12CC[C@@H](c3ccc(Cl)cc3Cl)[C@H](c3ccc(Cl)cc3)[C@@H]1CNC2=O. The van der Waals surface area contributed by atoms with E-state index < -0.39 is 5.54 Å². The minimum Gasteiger partial charge on any atom is -0.354 e. The fourth-order valence-corrected chi connectivity index (χ4v) is 5.78. The van der Waals surface area contributed by atoms with Crippen LogP contribution >= 0.6 is 34.8 Å². The molecule has 0 unspecified atom stereocenters. The van der Waals surface area contributed by atoms with Crippen LogP contribution in [0.5, 0.6) is 0 Å². The van der Waals surface area contributed by atoms with Gasteiger partial charge >= 0.3 is 0 Å². The molecule has 2 aliphatic rings. The van der Waals surface area contributed by atoms with E-state index in [0.717, 1.165) is 11.1 Å². The Labute approximate surface area is 184 Å². The lowest BCUT2D eigenvalue weighted by Gasteiger charge is -2.46. The quantitative estimate of drug-likeness (QED) is 0.695. The van der Waals surface area contributed by atoms with Gasteiger partial charge in [-0.05, 0) is 60.1 Å². The zero-order valence-corrected chi connectivity index (χ0v) is 18.1. The highest BCUT2D eigenvalue weighted by atomic mass is 35.5. The molecule has 4 nitrogen and oxygen atoms in total. The lowest BCUT2D eigenvalue weighted by molar-refractivity contribution is -0.133. The van der Waals surface area contributed by atoms with E-state index in [0.29, 0.717) is 34.5 Å². The molecule has 0 spiro atoms. The molecule has 4 rings (SSSR count). The van der Waals surface area contributed by atoms with Gasteiger partial charge in [0, 0.05) is 34.5 Å². The predicted molar refractivity (Wildman–Crippen MR) is 116 cm³/mol. The van der Waals surface area contributed by atoms with Crippen LogP contribution < -0.4 is 10.6 Å². The van der Waals surface area contributed by atoms with Gasteiger partial charge in [0.05, 0.1) is 0 Å². The lowest BCUT2D eigenvalue weighted by Crippen LogP contribution is -2.60. The topological polar surface area (TPSA) is 58.2 Å². The Kier molecular flexibility index (Phi) is 5.54. The van der Waals surface area contributed by atoms with Gasteiger partial charge in [0.2, 0.25) is 11.8 Å². The molecule has 0 bridgehead atoms. The third-order valence-corrected chi connectivity index (χ3v) is 7.07. The highest BCUT2D eigenvalue weighted by molar-refractivity contribution is 6.35. The van der Waals surface area contributed by atoms with Crippen molar-refractivity contribution in [2.24, 2.45) is 5.92 Å². The summed E-state index contributed by atoms with van der Waals surface area (Å²) in [6.07, 6.45) is 1.26. The molecule has 29 heavy (non-hydrogen) atoms. The Balaban J connectivity index is 1.84. The first kappa shape index (κ1) is 20.5. The summed E-state index contributed by atoms with van der Waals surface area (Å²) in [6.45, 7) is 1.95. The van der Waals surface area contributed by atoms with Gasteiger partial charge in [-0.15, -0.1) is 0 Å². The summed E-state index contributed by atoms with van der Waals surface area (Å²) in [5.41, 5.74) is 1.17. The second kappa shape index (κ2) is 7.82. The van der Waals surface area contributed by atoms with Crippen LogP contribution in [-0.4, -0.2) is 23.9 Å². The number of amides is 2. The van der Waals surface area contributed by atoms with Crippen molar-refractivity contribution in [1.82, 2.24) is 10.6 Å². The van der Waals surface area contributed by atoms with E-state index in [1.807, 2.05) is 36.4 Å². The van der Waals surface area contributed by atoms with Gasteiger partial charge < -0.3 is 10.6 Å². The highest BCUT2D eigenvalue weighted by Crippen LogP contribution is 2.54. The van der Waals surface area contributed by atoms with Gasteiger partial charge in [-0.3, -0.25) is 9.59 Å². The summed E-state index contributed by atoms with van der Waals surface area (Å²) < 4.78 is 0. The maximum absolute atomic E-state index is 12.9. The first-order valence-corrected chi connectivity index (χ1v) is 10.7. The monoisotopic (exact) mass is 450 g/mol. The average molecular weight is 452 g/mol. The number of fused-ring (bicyclic) bond motifs is 1. The molecular weight excluding hydrogens is 431 g/mol. The standard InChI is InChI=1S/C22H21Cl3N2O2/c1-12(28)27-22-9-8-17(16-7-6-15(24)10-19(16)25)20(18(22)11-26-21(22)29)13-2-4-14(23)5-3-13/h2-7,10,17-18,20H,8-9,11H2,1H3,(H,26,29)(H,27,28)/t17-,18-,20-,22-/m0/s1. The number of carbonyl (C=O) groups excluding carboxylic acids is 2. The minimum absolute atomic E-state index is 0.0227. The average Bonchev–Trinajstić information content (AvgIpc) is 2.98. The maximum Gasteiger partial charge on any atom is 0.246 e. The van der Waals surface area contributed by atoms with E-state index in [1.165, 1.54) is 6.92 Å². The summed E-state index contributed by atoms with van der Waals surface area (Å²) in [5.74, 6) is -0.362. The predicted octanol–water partition coefficient (Wildman–Crippen LogP) is 4.93. The minimum atomic E-state index is -0.911. The number of rotatable bonds is 3. The number of carbonyl (C=O) groups is 2. The fraction of sp³-hybridized carbons (Fsp3) is 0.364. The number of benzene rings is 2. The van der Waals surface area contributed by atoms with Crippen molar-refractivity contribution in [2.45, 2.75) is 37.1 Å². The zero-order chi connectivity index (χ0) is 20.8. The molecule has 2 aromatic rings. The van der Waals surface area contributed by atoms with Crippen molar-refractivity contribution in [2.75, 3.05) is 6.54 Å². The highest BCUT2D eigenvalue weighted by Gasteiger charge is 2.58. The van der Waals surface area contributed by atoms with Crippen molar-refractivity contribution in [3.63, 3.8) is 0 Å². The Morgan fingerprint density at radius 2 is 1.79 bits per heavy atom. The van der Waals surface area contributed by atoms with Crippen LogP contribution in [0.3, 0.4) is 0 Å². The van der Waals surface area contributed by atoms with Crippen LogP contribution in [0, 0.1) is 5.92 Å². The van der Waals surface area contributed by atoms with E-state index in [1.54, 1.807) is 6.07 Å². The molecule has 152 valence electrons. The van der Waals surface area contributed by atoms with Gasteiger partial charge in [0.15, 0.2) is 0 Å². The molecular formula is C22H21Cl3N2O2. The molecule has 2 N–H and O–H groups in total. The lowest BCUT2D eigenvalue weighted by atomic mass is 9.60. The molecule has 0 aromatic heterocycles. The van der Waals surface area contributed by atoms with Gasteiger partial charge in [-0.1, -0.05) is 53.0 Å². The van der Waals surface area contributed by atoms with Gasteiger partial charge in [-0.2, -0.15) is 0 Å². The summed E-state index contributed by atoms with van der Waals surface area (Å²) in [7, 11) is 0. The van der Waals surface area contributed by atoms with Crippen molar-refractivity contribution >= 4 is 46.6 Å².